The topological polar surface area (TPSA) is 72.2 Å². The van der Waals surface area contributed by atoms with Crippen LogP contribution >= 0.6 is 0 Å². The number of nitro groups is 1. The Hall–Kier alpha value is -2.24. The Morgan fingerprint density at radius 2 is 2.28 bits per heavy atom. The molecule has 1 amide bonds. The maximum absolute atomic E-state index is 13.2. The maximum Gasteiger partial charge on any atom is 0.311 e. The predicted molar refractivity (Wildman–Crippen MR) is 65.4 cm³/mol. The highest BCUT2D eigenvalue weighted by Crippen LogP contribution is 2.23. The van der Waals surface area contributed by atoms with Gasteiger partial charge in [-0.2, -0.15) is 4.39 Å². The second kappa shape index (κ2) is 6.48. The molecule has 1 aromatic carbocycles. The van der Waals surface area contributed by atoms with Crippen LogP contribution in [0, 0.1) is 15.9 Å². The molecule has 0 saturated heterocycles. The molecule has 0 unspecified atom stereocenters. The molecule has 0 radical (unpaired) electrons. The van der Waals surface area contributed by atoms with Crippen LogP contribution in [-0.2, 0) is 4.79 Å². The van der Waals surface area contributed by atoms with Crippen molar-refractivity contribution in [2.45, 2.75) is 13.3 Å². The first-order valence-electron chi connectivity index (χ1n) is 5.36. The third kappa shape index (κ3) is 3.97. The molecular weight excluding hydrogens is 239 g/mol. The van der Waals surface area contributed by atoms with E-state index in [-0.39, 0.29) is 11.5 Å². The number of carbonyl (C=O) groups excluding carboxylic acids is 1. The molecule has 0 aliphatic carbocycles. The molecule has 1 aromatic rings. The highest BCUT2D eigenvalue weighted by Gasteiger charge is 2.17. The summed E-state index contributed by atoms with van der Waals surface area (Å²) in [6.07, 6.45) is 3.65. The minimum absolute atomic E-state index is 0.139. The van der Waals surface area contributed by atoms with Gasteiger partial charge in [-0.3, -0.25) is 14.9 Å². The minimum Gasteiger partial charge on any atom is -0.356 e. The Bertz CT molecular complexity index is 486. The van der Waals surface area contributed by atoms with E-state index in [4.69, 9.17) is 0 Å². The summed E-state index contributed by atoms with van der Waals surface area (Å²) in [5.74, 6) is -0.996. The molecule has 5 nitrogen and oxygen atoms in total. The highest BCUT2D eigenvalue weighted by molar-refractivity contribution is 5.72. The zero-order valence-electron chi connectivity index (χ0n) is 9.85. The second-order valence-corrected chi connectivity index (χ2v) is 3.61. The van der Waals surface area contributed by atoms with Crippen molar-refractivity contribution in [2.24, 2.45) is 0 Å². The number of benzene rings is 1. The van der Waals surface area contributed by atoms with Gasteiger partial charge in [0.15, 0.2) is 0 Å². The van der Waals surface area contributed by atoms with Crippen LogP contribution in [0.4, 0.5) is 10.1 Å². The molecule has 6 heteroatoms. The summed E-state index contributed by atoms with van der Waals surface area (Å²) in [4.78, 5) is 20.5. The summed E-state index contributed by atoms with van der Waals surface area (Å²) in [5, 5.41) is 13.3. The average Bonchev–Trinajstić information content (AvgIpc) is 2.27. The first-order valence-corrected chi connectivity index (χ1v) is 5.36. The largest absolute Gasteiger partial charge is 0.356 e. The number of nitrogens with one attached hydrogen (secondary N) is 1. The SMILES string of the molecule is CC(=O)NCCC=Cc1cccc(F)c1[N+](=O)[O-]. The molecule has 0 aliphatic rings. The van der Waals surface area contributed by atoms with E-state index in [1.807, 2.05) is 0 Å². The van der Waals surface area contributed by atoms with Gasteiger partial charge in [-0.25, -0.2) is 0 Å². The fourth-order valence-electron chi connectivity index (χ4n) is 1.40. The van der Waals surface area contributed by atoms with E-state index >= 15 is 0 Å². The van der Waals surface area contributed by atoms with Gasteiger partial charge >= 0.3 is 5.69 Å². The number of nitrogens with zero attached hydrogens (tertiary/aromatic N) is 1. The van der Waals surface area contributed by atoms with Crippen molar-refractivity contribution in [3.05, 3.63) is 45.8 Å². The van der Waals surface area contributed by atoms with E-state index in [1.165, 1.54) is 25.1 Å². The van der Waals surface area contributed by atoms with Crippen LogP contribution < -0.4 is 5.32 Å². The number of halogens is 1. The molecule has 0 bridgehead atoms. The molecule has 0 fully saturated rings. The standard InChI is InChI=1S/C12H13FN2O3/c1-9(16)14-8-3-2-5-10-6-4-7-11(13)12(10)15(17)18/h2,4-7H,3,8H2,1H3,(H,14,16). The van der Waals surface area contributed by atoms with Crippen molar-refractivity contribution in [1.82, 2.24) is 5.32 Å². The van der Waals surface area contributed by atoms with Gasteiger partial charge in [-0.05, 0) is 18.6 Å². The summed E-state index contributed by atoms with van der Waals surface area (Å²) < 4.78 is 13.2. The summed E-state index contributed by atoms with van der Waals surface area (Å²) in [6, 6.07) is 3.93. The lowest BCUT2D eigenvalue weighted by molar-refractivity contribution is -0.387. The van der Waals surface area contributed by atoms with E-state index in [0.29, 0.717) is 13.0 Å². The molecule has 0 spiro atoms. The lowest BCUT2D eigenvalue weighted by atomic mass is 10.1. The van der Waals surface area contributed by atoms with Crippen LogP contribution in [0.1, 0.15) is 18.9 Å². The molecular formula is C12H13FN2O3. The lowest BCUT2D eigenvalue weighted by Gasteiger charge is -1.99. The molecule has 0 aromatic heterocycles. The average molecular weight is 252 g/mol. The molecule has 1 rings (SSSR count). The zero-order valence-corrected chi connectivity index (χ0v) is 9.85. The maximum atomic E-state index is 13.2. The third-order valence-electron chi connectivity index (χ3n) is 2.18. The number of nitro benzene ring substituents is 1. The van der Waals surface area contributed by atoms with Crippen LogP contribution in [0.2, 0.25) is 0 Å². The van der Waals surface area contributed by atoms with E-state index in [0.717, 1.165) is 6.07 Å². The minimum atomic E-state index is -0.857. The molecule has 0 saturated carbocycles. The van der Waals surface area contributed by atoms with Crippen molar-refractivity contribution in [3.8, 4) is 0 Å². The van der Waals surface area contributed by atoms with Gasteiger partial charge < -0.3 is 5.32 Å². The number of para-hydroxylation sites is 1. The van der Waals surface area contributed by atoms with Crippen LogP contribution in [0.3, 0.4) is 0 Å². The fraction of sp³-hybridized carbons (Fsp3) is 0.250. The molecule has 18 heavy (non-hydrogen) atoms. The Morgan fingerprint density at radius 1 is 1.56 bits per heavy atom. The summed E-state index contributed by atoms with van der Waals surface area (Å²) in [7, 11) is 0. The summed E-state index contributed by atoms with van der Waals surface area (Å²) >= 11 is 0. The van der Waals surface area contributed by atoms with E-state index in [9.17, 15) is 19.3 Å². The van der Waals surface area contributed by atoms with Crippen molar-refractivity contribution < 1.29 is 14.1 Å². The van der Waals surface area contributed by atoms with Crippen molar-refractivity contribution in [3.63, 3.8) is 0 Å². The van der Waals surface area contributed by atoms with Gasteiger partial charge in [0.25, 0.3) is 0 Å². The normalized spacial score (nSPS) is 10.6. The number of amides is 1. The van der Waals surface area contributed by atoms with Crippen LogP contribution in [0.15, 0.2) is 24.3 Å². The van der Waals surface area contributed by atoms with E-state index in [2.05, 4.69) is 5.32 Å². The number of carbonyl (C=O) groups is 1. The quantitative estimate of drug-likeness (QED) is 0.496. The zero-order chi connectivity index (χ0) is 13.5. The first kappa shape index (κ1) is 13.8. The second-order valence-electron chi connectivity index (χ2n) is 3.61. The monoisotopic (exact) mass is 252 g/mol. The predicted octanol–water partition coefficient (Wildman–Crippen LogP) is 2.27. The van der Waals surface area contributed by atoms with Crippen LogP contribution in [-0.4, -0.2) is 17.4 Å². The molecule has 96 valence electrons. The van der Waals surface area contributed by atoms with E-state index < -0.39 is 16.4 Å². The van der Waals surface area contributed by atoms with E-state index in [1.54, 1.807) is 6.08 Å². The van der Waals surface area contributed by atoms with Crippen molar-refractivity contribution in [1.29, 1.82) is 0 Å². The van der Waals surface area contributed by atoms with Gasteiger partial charge in [0.05, 0.1) is 10.5 Å². The van der Waals surface area contributed by atoms with Gasteiger partial charge in [0.2, 0.25) is 11.7 Å². The van der Waals surface area contributed by atoms with Gasteiger partial charge in [-0.1, -0.05) is 18.2 Å². The first-order chi connectivity index (χ1) is 8.52. The van der Waals surface area contributed by atoms with Gasteiger partial charge in [0.1, 0.15) is 0 Å². The highest BCUT2D eigenvalue weighted by atomic mass is 19.1. The number of hydrogen-bond acceptors (Lipinski definition) is 3. The van der Waals surface area contributed by atoms with Gasteiger partial charge in [0, 0.05) is 13.5 Å². The molecule has 1 N–H and O–H groups in total. The summed E-state index contributed by atoms with van der Waals surface area (Å²) in [6.45, 7) is 1.84. The third-order valence-corrected chi connectivity index (χ3v) is 2.18. The number of rotatable bonds is 5. The molecule has 0 atom stereocenters. The molecule has 0 aliphatic heterocycles. The summed E-state index contributed by atoms with van der Waals surface area (Å²) in [5.41, 5.74) is -0.323. The lowest BCUT2D eigenvalue weighted by Crippen LogP contribution is -2.20. The Morgan fingerprint density at radius 3 is 2.89 bits per heavy atom. The Balaban J connectivity index is 2.72. The fourth-order valence-corrected chi connectivity index (χ4v) is 1.40. The smallest absolute Gasteiger partial charge is 0.311 e. The van der Waals surface area contributed by atoms with Crippen LogP contribution in [0.25, 0.3) is 6.08 Å². The van der Waals surface area contributed by atoms with Gasteiger partial charge in [-0.15, -0.1) is 0 Å². The Labute approximate surface area is 103 Å². The van der Waals surface area contributed by atoms with Crippen molar-refractivity contribution >= 4 is 17.7 Å². The Kier molecular flexibility index (Phi) is 4.98. The number of hydrogen-bond donors (Lipinski definition) is 1. The van der Waals surface area contributed by atoms with Crippen molar-refractivity contribution in [2.75, 3.05) is 6.54 Å². The molecule has 0 heterocycles. The van der Waals surface area contributed by atoms with Crippen LogP contribution in [0.5, 0.6) is 0 Å².